The Morgan fingerprint density at radius 2 is 1.59 bits per heavy atom. The topological polar surface area (TPSA) is 58.6 Å². The second-order valence-corrected chi connectivity index (χ2v) is 6.80. The van der Waals surface area contributed by atoms with Crippen molar-refractivity contribution in [2.24, 2.45) is 0 Å². The largest absolute Gasteiger partial charge is 0.495 e. The number of anilines is 2. The molecule has 29 heavy (non-hydrogen) atoms. The van der Waals surface area contributed by atoms with Crippen LogP contribution in [0.3, 0.4) is 0 Å². The van der Waals surface area contributed by atoms with Gasteiger partial charge >= 0.3 is 0 Å². The molecular formula is C23H17ClN2O3. The maximum atomic E-state index is 13.3. The number of imide groups is 1. The lowest BCUT2D eigenvalue weighted by molar-refractivity contribution is -0.120. The zero-order valence-corrected chi connectivity index (χ0v) is 16.3. The van der Waals surface area contributed by atoms with Crippen LogP contribution in [0.15, 0.2) is 84.6 Å². The van der Waals surface area contributed by atoms with Crippen molar-refractivity contribution in [1.82, 2.24) is 0 Å². The number of nitrogens with one attached hydrogen (secondary N) is 1. The Balaban J connectivity index is 1.84. The van der Waals surface area contributed by atoms with Crippen LogP contribution < -0.4 is 15.0 Å². The first-order valence-electron chi connectivity index (χ1n) is 8.94. The average Bonchev–Trinajstić information content (AvgIpc) is 2.98. The predicted molar refractivity (Wildman–Crippen MR) is 114 cm³/mol. The van der Waals surface area contributed by atoms with E-state index in [2.05, 4.69) is 5.32 Å². The number of carbonyl (C=O) groups excluding carboxylic acids is 2. The molecule has 0 aliphatic carbocycles. The third-order valence-corrected chi connectivity index (χ3v) is 4.81. The van der Waals surface area contributed by atoms with Crippen molar-refractivity contribution in [3.63, 3.8) is 0 Å². The summed E-state index contributed by atoms with van der Waals surface area (Å²) >= 11 is 6.08. The SMILES string of the molecule is COc1ccccc1NC1=C(c2ccccc2)C(=O)N(c2cccc(Cl)c2)C1=O. The zero-order valence-electron chi connectivity index (χ0n) is 15.6. The molecule has 5 nitrogen and oxygen atoms in total. The van der Waals surface area contributed by atoms with Gasteiger partial charge in [0, 0.05) is 5.02 Å². The Hall–Kier alpha value is -3.57. The number of hydrogen-bond acceptors (Lipinski definition) is 4. The number of benzene rings is 3. The summed E-state index contributed by atoms with van der Waals surface area (Å²) in [5, 5.41) is 3.55. The van der Waals surface area contributed by atoms with E-state index >= 15 is 0 Å². The Labute approximate surface area is 173 Å². The normalized spacial score (nSPS) is 13.8. The lowest BCUT2D eigenvalue weighted by atomic mass is 10.0. The van der Waals surface area contributed by atoms with E-state index in [1.807, 2.05) is 30.3 Å². The lowest BCUT2D eigenvalue weighted by Crippen LogP contribution is -2.32. The number of nitrogens with zero attached hydrogens (tertiary/aromatic N) is 1. The Bertz CT molecular complexity index is 1130. The van der Waals surface area contributed by atoms with Crippen LogP contribution in [0, 0.1) is 0 Å². The molecule has 0 aromatic heterocycles. The van der Waals surface area contributed by atoms with Gasteiger partial charge in [0.25, 0.3) is 11.8 Å². The third-order valence-electron chi connectivity index (χ3n) is 4.58. The Morgan fingerprint density at radius 1 is 0.862 bits per heavy atom. The molecule has 0 saturated heterocycles. The van der Waals surface area contributed by atoms with Crippen LogP contribution in [0.25, 0.3) is 5.57 Å². The summed E-state index contributed by atoms with van der Waals surface area (Å²) in [6.07, 6.45) is 0. The van der Waals surface area contributed by atoms with Gasteiger partial charge in [0.15, 0.2) is 0 Å². The maximum absolute atomic E-state index is 13.3. The van der Waals surface area contributed by atoms with Crippen LogP contribution in [0.5, 0.6) is 5.75 Å². The van der Waals surface area contributed by atoms with Crippen LogP contribution in [0.2, 0.25) is 5.02 Å². The van der Waals surface area contributed by atoms with E-state index < -0.39 is 11.8 Å². The Kier molecular flexibility index (Phi) is 5.06. The van der Waals surface area contributed by atoms with E-state index in [-0.39, 0.29) is 5.70 Å². The molecule has 6 heteroatoms. The van der Waals surface area contributed by atoms with Gasteiger partial charge in [0.05, 0.1) is 24.1 Å². The van der Waals surface area contributed by atoms with Crippen molar-refractivity contribution in [3.05, 3.63) is 95.1 Å². The summed E-state index contributed by atoms with van der Waals surface area (Å²) < 4.78 is 5.37. The molecule has 3 aromatic carbocycles. The minimum Gasteiger partial charge on any atom is -0.495 e. The van der Waals surface area contributed by atoms with Crippen LogP contribution in [0.1, 0.15) is 5.56 Å². The number of ether oxygens (including phenoxy) is 1. The second-order valence-electron chi connectivity index (χ2n) is 6.37. The van der Waals surface area contributed by atoms with E-state index in [0.29, 0.717) is 33.3 Å². The van der Waals surface area contributed by atoms with E-state index in [1.165, 1.54) is 0 Å². The van der Waals surface area contributed by atoms with Crippen molar-refractivity contribution >= 4 is 40.4 Å². The summed E-state index contributed by atoms with van der Waals surface area (Å²) in [4.78, 5) is 27.8. The third kappa shape index (κ3) is 3.48. The molecule has 1 aliphatic rings. The highest BCUT2D eigenvalue weighted by Gasteiger charge is 2.40. The van der Waals surface area contributed by atoms with Gasteiger partial charge in [-0.3, -0.25) is 9.59 Å². The quantitative estimate of drug-likeness (QED) is 0.624. The van der Waals surface area contributed by atoms with Crippen LogP contribution in [-0.2, 0) is 9.59 Å². The maximum Gasteiger partial charge on any atom is 0.282 e. The molecule has 0 radical (unpaired) electrons. The van der Waals surface area contributed by atoms with Crippen LogP contribution in [0.4, 0.5) is 11.4 Å². The molecule has 3 aromatic rings. The molecule has 0 saturated carbocycles. The minimum absolute atomic E-state index is 0.186. The minimum atomic E-state index is -0.456. The Morgan fingerprint density at radius 3 is 2.31 bits per heavy atom. The van der Waals surface area contributed by atoms with Crippen LogP contribution in [-0.4, -0.2) is 18.9 Å². The summed E-state index contributed by atoms with van der Waals surface area (Å²) in [7, 11) is 1.55. The van der Waals surface area contributed by atoms with Gasteiger partial charge in [-0.25, -0.2) is 4.90 Å². The van der Waals surface area contributed by atoms with E-state index in [9.17, 15) is 9.59 Å². The van der Waals surface area contributed by atoms with Gasteiger partial charge in [-0.15, -0.1) is 0 Å². The number of methoxy groups -OCH3 is 1. The zero-order chi connectivity index (χ0) is 20.4. The highest BCUT2D eigenvalue weighted by Crippen LogP contribution is 2.36. The number of para-hydroxylation sites is 2. The van der Waals surface area contributed by atoms with Crippen LogP contribution >= 0.6 is 11.6 Å². The van der Waals surface area contributed by atoms with E-state index in [4.69, 9.17) is 16.3 Å². The van der Waals surface area contributed by atoms with Gasteiger partial charge < -0.3 is 10.1 Å². The summed E-state index contributed by atoms with van der Waals surface area (Å²) in [5.41, 5.74) is 2.13. The van der Waals surface area contributed by atoms with Gasteiger partial charge in [-0.05, 0) is 35.9 Å². The lowest BCUT2D eigenvalue weighted by Gasteiger charge is -2.16. The molecule has 1 heterocycles. The first kappa shape index (κ1) is 18.8. The van der Waals surface area contributed by atoms with E-state index in [0.717, 1.165) is 4.90 Å². The standard InChI is InChI=1S/C23H17ClN2O3/c1-29-19-13-6-5-12-18(19)25-21-20(15-8-3-2-4-9-15)22(27)26(23(21)28)17-11-7-10-16(24)14-17/h2-14,25H,1H3. The van der Waals surface area contributed by atoms with Crippen molar-refractivity contribution in [3.8, 4) is 5.75 Å². The predicted octanol–water partition coefficient (Wildman–Crippen LogP) is 4.75. The molecule has 0 spiro atoms. The summed E-state index contributed by atoms with van der Waals surface area (Å²) in [6, 6.07) is 23.0. The fourth-order valence-electron chi connectivity index (χ4n) is 3.25. The monoisotopic (exact) mass is 404 g/mol. The van der Waals surface area contributed by atoms with Crippen molar-refractivity contribution in [2.75, 3.05) is 17.3 Å². The molecule has 4 rings (SSSR count). The molecule has 144 valence electrons. The van der Waals surface area contributed by atoms with E-state index in [1.54, 1.807) is 55.6 Å². The smallest absolute Gasteiger partial charge is 0.282 e. The highest BCUT2D eigenvalue weighted by molar-refractivity contribution is 6.46. The first-order chi connectivity index (χ1) is 14.1. The molecule has 2 amide bonds. The number of halogens is 1. The van der Waals surface area contributed by atoms with Crippen molar-refractivity contribution in [1.29, 1.82) is 0 Å². The number of amides is 2. The van der Waals surface area contributed by atoms with Gasteiger partial charge in [0.1, 0.15) is 11.4 Å². The average molecular weight is 405 g/mol. The van der Waals surface area contributed by atoms with Gasteiger partial charge in [0.2, 0.25) is 0 Å². The first-order valence-corrected chi connectivity index (χ1v) is 9.32. The van der Waals surface area contributed by atoms with Crippen molar-refractivity contribution in [2.45, 2.75) is 0 Å². The van der Waals surface area contributed by atoms with Crippen molar-refractivity contribution < 1.29 is 14.3 Å². The fourth-order valence-corrected chi connectivity index (χ4v) is 3.44. The number of hydrogen-bond donors (Lipinski definition) is 1. The summed E-state index contributed by atoms with van der Waals surface area (Å²) in [5.74, 6) is -0.309. The molecule has 0 bridgehead atoms. The molecule has 0 atom stereocenters. The molecule has 0 fully saturated rings. The second kappa shape index (κ2) is 7.81. The highest BCUT2D eigenvalue weighted by atomic mass is 35.5. The number of carbonyl (C=O) groups is 2. The molecular weight excluding hydrogens is 388 g/mol. The van der Waals surface area contributed by atoms with Gasteiger partial charge in [-0.2, -0.15) is 0 Å². The molecule has 1 aliphatic heterocycles. The van der Waals surface area contributed by atoms with Gasteiger partial charge in [-0.1, -0.05) is 60.1 Å². The summed E-state index contributed by atoms with van der Waals surface area (Å²) in [6.45, 7) is 0. The fraction of sp³-hybridized carbons (Fsp3) is 0.0435. The number of rotatable bonds is 5. The molecule has 0 unspecified atom stereocenters. The molecule has 1 N–H and O–H groups in total.